The van der Waals surface area contributed by atoms with Crippen LogP contribution in [0.1, 0.15) is 23.2 Å². The van der Waals surface area contributed by atoms with E-state index in [1.54, 1.807) is 11.0 Å². The van der Waals surface area contributed by atoms with Crippen molar-refractivity contribution >= 4 is 29.9 Å². The minimum absolute atomic E-state index is 0. The van der Waals surface area contributed by atoms with Crippen molar-refractivity contribution in [3.05, 3.63) is 34.6 Å². The molecule has 1 N–H and O–H groups in total. The number of hydrogen-bond donors (Lipinski definition) is 1. The first-order chi connectivity index (χ1) is 8.63. The van der Waals surface area contributed by atoms with Gasteiger partial charge in [-0.15, -0.1) is 12.4 Å². The Hall–Kier alpha value is -0.840. The van der Waals surface area contributed by atoms with E-state index in [4.69, 9.17) is 11.6 Å². The summed E-state index contributed by atoms with van der Waals surface area (Å²) in [4.78, 5) is 14.0. The van der Waals surface area contributed by atoms with Crippen molar-refractivity contribution in [3.63, 3.8) is 0 Å². The highest BCUT2D eigenvalue weighted by Crippen LogP contribution is 2.22. The Morgan fingerprint density at radius 1 is 1.58 bits per heavy atom. The first kappa shape index (κ1) is 16.2. The number of carbonyl (C=O) groups excluding carboxylic acids is 1. The maximum atomic E-state index is 13.7. The van der Waals surface area contributed by atoms with Crippen molar-refractivity contribution in [2.75, 3.05) is 20.1 Å². The number of halogens is 3. The van der Waals surface area contributed by atoms with Crippen LogP contribution in [0.4, 0.5) is 4.39 Å². The molecule has 0 spiro atoms. The molecule has 106 valence electrons. The molecule has 1 heterocycles. The van der Waals surface area contributed by atoms with Gasteiger partial charge in [-0.3, -0.25) is 4.79 Å². The summed E-state index contributed by atoms with van der Waals surface area (Å²) in [5, 5.41) is 3.36. The Labute approximate surface area is 123 Å². The molecular weight excluding hydrogens is 290 g/mol. The Morgan fingerprint density at radius 3 is 2.95 bits per heavy atom. The zero-order valence-electron chi connectivity index (χ0n) is 10.7. The van der Waals surface area contributed by atoms with Crippen molar-refractivity contribution in [1.82, 2.24) is 10.2 Å². The number of carbonyl (C=O) groups is 1. The molecule has 1 aliphatic heterocycles. The van der Waals surface area contributed by atoms with E-state index in [1.807, 2.05) is 7.05 Å². The summed E-state index contributed by atoms with van der Waals surface area (Å²) >= 11 is 5.68. The van der Waals surface area contributed by atoms with Crippen LogP contribution in [0.3, 0.4) is 0 Å². The molecule has 1 amide bonds. The molecule has 1 aliphatic rings. The average molecular weight is 307 g/mol. The van der Waals surface area contributed by atoms with Gasteiger partial charge < -0.3 is 10.2 Å². The van der Waals surface area contributed by atoms with E-state index in [2.05, 4.69) is 5.32 Å². The molecule has 0 aliphatic carbocycles. The van der Waals surface area contributed by atoms with Crippen LogP contribution in [0.2, 0.25) is 5.02 Å². The van der Waals surface area contributed by atoms with Gasteiger partial charge in [0.05, 0.1) is 5.56 Å². The monoisotopic (exact) mass is 306 g/mol. The Kier molecular flexibility index (Phi) is 6.04. The lowest BCUT2D eigenvalue weighted by atomic mass is 10.1. The fourth-order valence-electron chi connectivity index (χ4n) is 2.37. The van der Waals surface area contributed by atoms with Crippen LogP contribution in [0.15, 0.2) is 18.2 Å². The summed E-state index contributed by atoms with van der Waals surface area (Å²) in [6.45, 7) is 1.42. The Balaban J connectivity index is 0.00000180. The van der Waals surface area contributed by atoms with E-state index in [1.165, 1.54) is 12.1 Å². The molecule has 3 nitrogen and oxygen atoms in total. The Bertz CT molecular complexity index is 456. The smallest absolute Gasteiger partial charge is 0.257 e. The van der Waals surface area contributed by atoms with Gasteiger partial charge in [0.25, 0.3) is 5.91 Å². The van der Waals surface area contributed by atoms with Crippen molar-refractivity contribution in [3.8, 4) is 0 Å². The summed E-state index contributed by atoms with van der Waals surface area (Å²) in [6.07, 6.45) is 1.93. The van der Waals surface area contributed by atoms with E-state index < -0.39 is 5.82 Å². The first-order valence-corrected chi connectivity index (χ1v) is 6.42. The minimum atomic E-state index is -0.553. The number of likely N-dealkylation sites (tertiary alicyclic amines) is 1. The Morgan fingerprint density at radius 2 is 2.32 bits per heavy atom. The summed E-state index contributed by atoms with van der Waals surface area (Å²) in [5.41, 5.74) is 0.0994. The largest absolute Gasteiger partial charge is 0.334 e. The summed E-state index contributed by atoms with van der Waals surface area (Å²) in [6, 6.07) is 4.32. The molecule has 1 unspecified atom stereocenters. The molecule has 1 atom stereocenters. The van der Waals surface area contributed by atoms with Gasteiger partial charge in [0, 0.05) is 24.2 Å². The van der Waals surface area contributed by atoms with E-state index in [-0.39, 0.29) is 29.9 Å². The van der Waals surface area contributed by atoms with Crippen LogP contribution < -0.4 is 5.32 Å². The predicted octanol–water partition coefficient (Wildman–Crippen LogP) is 2.72. The first-order valence-electron chi connectivity index (χ1n) is 6.04. The zero-order valence-corrected chi connectivity index (χ0v) is 12.2. The molecule has 1 fully saturated rings. The van der Waals surface area contributed by atoms with Gasteiger partial charge in [0.1, 0.15) is 5.82 Å². The van der Waals surface area contributed by atoms with Gasteiger partial charge in [0.15, 0.2) is 0 Å². The molecule has 1 saturated heterocycles. The van der Waals surface area contributed by atoms with E-state index in [0.717, 1.165) is 19.4 Å². The average Bonchev–Trinajstić information content (AvgIpc) is 2.77. The summed E-state index contributed by atoms with van der Waals surface area (Å²) in [5.74, 6) is -0.801. The molecule has 1 aromatic rings. The second kappa shape index (κ2) is 7.08. The van der Waals surface area contributed by atoms with Crippen LogP contribution in [0.5, 0.6) is 0 Å². The van der Waals surface area contributed by atoms with Crippen LogP contribution in [-0.2, 0) is 0 Å². The number of nitrogens with one attached hydrogen (secondary N) is 1. The molecule has 1 aromatic carbocycles. The molecule has 19 heavy (non-hydrogen) atoms. The zero-order chi connectivity index (χ0) is 13.1. The quantitative estimate of drug-likeness (QED) is 0.931. The number of likely N-dealkylation sites (N-methyl/N-ethyl adjacent to an activating group) is 1. The molecular formula is C13H17Cl2FN2O. The lowest BCUT2D eigenvalue weighted by Crippen LogP contribution is -2.41. The normalized spacial score (nSPS) is 18.3. The highest BCUT2D eigenvalue weighted by atomic mass is 35.5. The van der Waals surface area contributed by atoms with Gasteiger partial charge >= 0.3 is 0 Å². The van der Waals surface area contributed by atoms with Crippen LogP contribution >= 0.6 is 24.0 Å². The number of benzene rings is 1. The van der Waals surface area contributed by atoms with Gasteiger partial charge in [-0.25, -0.2) is 4.39 Å². The lowest BCUT2D eigenvalue weighted by Gasteiger charge is -2.24. The van der Waals surface area contributed by atoms with Crippen LogP contribution in [-0.4, -0.2) is 37.0 Å². The van der Waals surface area contributed by atoms with Crippen LogP contribution in [0, 0.1) is 5.82 Å². The molecule has 0 bridgehead atoms. The third kappa shape index (κ3) is 3.59. The second-order valence-electron chi connectivity index (χ2n) is 4.48. The highest BCUT2D eigenvalue weighted by Gasteiger charge is 2.30. The fraction of sp³-hybridized carbons (Fsp3) is 0.462. The molecule has 2 rings (SSSR count). The predicted molar refractivity (Wildman–Crippen MR) is 76.6 cm³/mol. The maximum Gasteiger partial charge on any atom is 0.257 e. The molecule has 0 radical (unpaired) electrons. The van der Waals surface area contributed by atoms with Gasteiger partial charge in [-0.1, -0.05) is 11.6 Å². The standard InChI is InChI=1S/C13H16ClFN2O.ClH/c1-16-8-10-3-2-6-17(10)13(18)11-5-4-9(14)7-12(11)15;/h4-5,7,10,16H,2-3,6,8H2,1H3;1H. The van der Waals surface area contributed by atoms with Crippen molar-refractivity contribution in [2.45, 2.75) is 18.9 Å². The number of hydrogen-bond acceptors (Lipinski definition) is 2. The van der Waals surface area contributed by atoms with E-state index >= 15 is 0 Å². The summed E-state index contributed by atoms with van der Waals surface area (Å²) in [7, 11) is 1.85. The lowest BCUT2D eigenvalue weighted by molar-refractivity contribution is 0.0732. The van der Waals surface area contributed by atoms with Gasteiger partial charge in [-0.2, -0.15) is 0 Å². The van der Waals surface area contributed by atoms with Crippen molar-refractivity contribution < 1.29 is 9.18 Å². The van der Waals surface area contributed by atoms with E-state index in [9.17, 15) is 9.18 Å². The van der Waals surface area contributed by atoms with Crippen LogP contribution in [0.25, 0.3) is 0 Å². The third-order valence-electron chi connectivity index (χ3n) is 3.24. The number of nitrogens with zero attached hydrogens (tertiary/aromatic N) is 1. The molecule has 0 saturated carbocycles. The van der Waals surface area contributed by atoms with Crippen molar-refractivity contribution in [2.24, 2.45) is 0 Å². The maximum absolute atomic E-state index is 13.7. The minimum Gasteiger partial charge on any atom is -0.334 e. The van der Waals surface area contributed by atoms with E-state index in [0.29, 0.717) is 11.6 Å². The SMILES string of the molecule is CNCC1CCCN1C(=O)c1ccc(Cl)cc1F.Cl. The molecule has 0 aromatic heterocycles. The van der Waals surface area contributed by atoms with Crippen molar-refractivity contribution in [1.29, 1.82) is 0 Å². The fourth-order valence-corrected chi connectivity index (χ4v) is 2.53. The number of rotatable bonds is 3. The topological polar surface area (TPSA) is 32.3 Å². The van der Waals surface area contributed by atoms with Gasteiger partial charge in [-0.05, 0) is 38.1 Å². The summed E-state index contributed by atoms with van der Waals surface area (Å²) < 4.78 is 13.7. The second-order valence-corrected chi connectivity index (χ2v) is 4.91. The third-order valence-corrected chi connectivity index (χ3v) is 3.47. The molecule has 6 heteroatoms. The highest BCUT2D eigenvalue weighted by molar-refractivity contribution is 6.30. The number of amides is 1. The van der Waals surface area contributed by atoms with Gasteiger partial charge in [0.2, 0.25) is 0 Å².